The van der Waals surface area contributed by atoms with Gasteiger partial charge in [0.2, 0.25) is 15.9 Å². The van der Waals surface area contributed by atoms with Crippen LogP contribution in [0.1, 0.15) is 39.5 Å². The maximum Gasteiger partial charge on any atom is 0.243 e. The van der Waals surface area contributed by atoms with Crippen molar-refractivity contribution in [3.8, 4) is 0 Å². The Kier molecular flexibility index (Phi) is 6.55. The lowest BCUT2D eigenvalue weighted by atomic mass is 9.92. The molecule has 3 rings (SSSR count). The molecule has 2 saturated heterocycles. The molecular formula is C20H31N3O3S. The summed E-state index contributed by atoms with van der Waals surface area (Å²) in [7, 11) is -3.43. The molecule has 2 fully saturated rings. The fraction of sp³-hybridized carbons (Fsp3) is 0.650. The minimum atomic E-state index is -3.43. The van der Waals surface area contributed by atoms with E-state index in [1.165, 1.54) is 6.42 Å². The van der Waals surface area contributed by atoms with Crippen LogP contribution in [0.15, 0.2) is 29.2 Å². The van der Waals surface area contributed by atoms with Crippen molar-refractivity contribution >= 4 is 21.6 Å². The molecule has 2 aliphatic rings. The number of nitrogens with zero attached hydrogens (tertiary/aromatic N) is 2. The predicted octanol–water partition coefficient (Wildman–Crippen LogP) is 2.78. The van der Waals surface area contributed by atoms with E-state index in [9.17, 15) is 13.2 Å². The molecule has 1 aromatic carbocycles. The van der Waals surface area contributed by atoms with Crippen molar-refractivity contribution in [2.75, 3.05) is 38.0 Å². The minimum absolute atomic E-state index is 0.0528. The van der Waals surface area contributed by atoms with Crippen molar-refractivity contribution in [2.45, 2.75) is 44.4 Å². The van der Waals surface area contributed by atoms with Crippen LogP contribution < -0.4 is 5.32 Å². The first-order valence-electron chi connectivity index (χ1n) is 9.97. The molecule has 0 spiro atoms. The van der Waals surface area contributed by atoms with Crippen LogP contribution in [-0.2, 0) is 14.8 Å². The molecule has 1 aromatic rings. The lowest BCUT2D eigenvalue weighted by Gasteiger charge is -2.34. The summed E-state index contributed by atoms with van der Waals surface area (Å²) < 4.78 is 26.9. The molecule has 1 amide bonds. The van der Waals surface area contributed by atoms with E-state index in [2.05, 4.69) is 24.1 Å². The highest BCUT2D eigenvalue weighted by molar-refractivity contribution is 7.89. The highest BCUT2D eigenvalue weighted by Crippen LogP contribution is 2.23. The number of sulfonamides is 1. The van der Waals surface area contributed by atoms with Gasteiger partial charge in [-0.15, -0.1) is 0 Å². The quantitative estimate of drug-likeness (QED) is 0.835. The van der Waals surface area contributed by atoms with Crippen LogP contribution in [-0.4, -0.2) is 56.3 Å². The summed E-state index contributed by atoms with van der Waals surface area (Å²) in [6.45, 7) is 7.91. The topological polar surface area (TPSA) is 69.7 Å². The van der Waals surface area contributed by atoms with Gasteiger partial charge >= 0.3 is 0 Å². The monoisotopic (exact) mass is 393 g/mol. The second kappa shape index (κ2) is 8.71. The second-order valence-electron chi connectivity index (χ2n) is 8.18. The molecule has 7 heteroatoms. The first kappa shape index (κ1) is 20.3. The number of carbonyl (C=O) groups is 1. The van der Waals surface area contributed by atoms with Crippen molar-refractivity contribution in [2.24, 2.45) is 11.8 Å². The Morgan fingerprint density at radius 2 is 1.63 bits per heavy atom. The van der Waals surface area contributed by atoms with Gasteiger partial charge in [-0.05, 0) is 55.4 Å². The maximum atomic E-state index is 12.7. The molecule has 1 N–H and O–H groups in total. The van der Waals surface area contributed by atoms with Gasteiger partial charge in [-0.3, -0.25) is 9.69 Å². The summed E-state index contributed by atoms with van der Waals surface area (Å²) >= 11 is 0. The SMILES string of the molecule is C[C@H]1C[C@H](C)CN(CC(=O)Nc2ccc(S(=O)(=O)N3CCCCC3)cc2)C1. The number of piperidine rings is 2. The third-order valence-electron chi connectivity index (χ3n) is 5.40. The molecule has 0 radical (unpaired) electrons. The molecule has 2 heterocycles. The molecule has 0 bridgehead atoms. The Morgan fingerprint density at radius 3 is 2.22 bits per heavy atom. The average molecular weight is 394 g/mol. The van der Waals surface area contributed by atoms with Crippen LogP contribution in [0.25, 0.3) is 0 Å². The first-order valence-corrected chi connectivity index (χ1v) is 11.4. The van der Waals surface area contributed by atoms with Crippen LogP contribution >= 0.6 is 0 Å². The third kappa shape index (κ3) is 5.30. The molecule has 0 saturated carbocycles. The van der Waals surface area contributed by atoms with Crippen molar-refractivity contribution in [1.29, 1.82) is 0 Å². The zero-order valence-corrected chi connectivity index (χ0v) is 17.2. The number of hydrogen-bond donors (Lipinski definition) is 1. The Morgan fingerprint density at radius 1 is 1.04 bits per heavy atom. The van der Waals surface area contributed by atoms with E-state index in [0.717, 1.165) is 32.4 Å². The van der Waals surface area contributed by atoms with Gasteiger partial charge in [0.05, 0.1) is 11.4 Å². The fourth-order valence-corrected chi connectivity index (χ4v) is 5.81. The molecule has 150 valence electrons. The molecule has 27 heavy (non-hydrogen) atoms. The molecule has 2 atom stereocenters. The predicted molar refractivity (Wildman–Crippen MR) is 107 cm³/mol. The number of carbonyl (C=O) groups excluding carboxylic acids is 1. The van der Waals surface area contributed by atoms with Crippen LogP contribution in [0.2, 0.25) is 0 Å². The Bertz CT molecular complexity index is 732. The van der Waals surface area contributed by atoms with Crippen molar-refractivity contribution in [3.05, 3.63) is 24.3 Å². The van der Waals surface area contributed by atoms with E-state index in [4.69, 9.17) is 0 Å². The molecule has 6 nitrogen and oxygen atoms in total. The maximum absolute atomic E-state index is 12.7. The van der Waals surface area contributed by atoms with Gasteiger partial charge in [0, 0.05) is 31.9 Å². The number of nitrogens with one attached hydrogen (secondary N) is 1. The number of amides is 1. The van der Waals surface area contributed by atoms with Gasteiger partial charge in [0.1, 0.15) is 0 Å². The van der Waals surface area contributed by atoms with Crippen molar-refractivity contribution in [3.63, 3.8) is 0 Å². The summed E-state index contributed by atoms with van der Waals surface area (Å²) in [5.41, 5.74) is 0.635. The standard InChI is InChI=1S/C20H31N3O3S/c1-16-12-17(2)14-22(13-16)15-20(24)21-18-6-8-19(9-7-18)27(25,26)23-10-4-3-5-11-23/h6-9,16-17H,3-5,10-15H2,1-2H3,(H,21,24)/t16-,17-/m0/s1. The summed E-state index contributed by atoms with van der Waals surface area (Å²) in [6.07, 6.45) is 4.14. The van der Waals surface area contributed by atoms with Crippen LogP contribution in [0.3, 0.4) is 0 Å². The Balaban J connectivity index is 1.58. The zero-order valence-electron chi connectivity index (χ0n) is 16.4. The number of rotatable bonds is 5. The number of likely N-dealkylation sites (tertiary alicyclic amines) is 1. The smallest absolute Gasteiger partial charge is 0.243 e. The van der Waals surface area contributed by atoms with Gasteiger partial charge in [-0.1, -0.05) is 20.3 Å². The summed E-state index contributed by atoms with van der Waals surface area (Å²) in [6, 6.07) is 6.53. The second-order valence-corrected chi connectivity index (χ2v) is 10.1. The molecular weight excluding hydrogens is 362 g/mol. The zero-order chi connectivity index (χ0) is 19.4. The summed E-state index contributed by atoms with van der Waals surface area (Å²) in [5.74, 6) is 1.17. The van der Waals surface area contributed by atoms with Gasteiger partial charge < -0.3 is 5.32 Å². The lowest BCUT2D eigenvalue weighted by Crippen LogP contribution is -2.42. The van der Waals surface area contributed by atoms with Crippen LogP contribution in [0.4, 0.5) is 5.69 Å². The molecule has 0 aliphatic carbocycles. The fourth-order valence-electron chi connectivity index (χ4n) is 4.29. The van der Waals surface area contributed by atoms with Crippen molar-refractivity contribution in [1.82, 2.24) is 9.21 Å². The van der Waals surface area contributed by atoms with Crippen LogP contribution in [0.5, 0.6) is 0 Å². The number of hydrogen-bond acceptors (Lipinski definition) is 4. The number of anilines is 1. The summed E-state index contributed by atoms with van der Waals surface area (Å²) in [5, 5.41) is 2.89. The Labute approximate surface area is 163 Å². The first-order chi connectivity index (χ1) is 12.8. The van der Waals surface area contributed by atoms with E-state index in [1.54, 1.807) is 28.6 Å². The normalized spacial score (nSPS) is 25.3. The molecule has 2 aliphatic heterocycles. The molecule has 0 unspecified atom stereocenters. The largest absolute Gasteiger partial charge is 0.325 e. The average Bonchev–Trinajstić information content (AvgIpc) is 2.62. The van der Waals surface area contributed by atoms with E-state index in [-0.39, 0.29) is 5.91 Å². The van der Waals surface area contributed by atoms with Gasteiger partial charge in [0.15, 0.2) is 0 Å². The van der Waals surface area contributed by atoms with E-state index in [0.29, 0.717) is 42.1 Å². The van der Waals surface area contributed by atoms with Crippen LogP contribution in [0, 0.1) is 11.8 Å². The lowest BCUT2D eigenvalue weighted by molar-refractivity contribution is -0.117. The highest BCUT2D eigenvalue weighted by Gasteiger charge is 2.26. The highest BCUT2D eigenvalue weighted by atomic mass is 32.2. The van der Waals surface area contributed by atoms with E-state index >= 15 is 0 Å². The van der Waals surface area contributed by atoms with E-state index < -0.39 is 10.0 Å². The third-order valence-corrected chi connectivity index (χ3v) is 7.32. The van der Waals surface area contributed by atoms with E-state index in [1.807, 2.05) is 0 Å². The van der Waals surface area contributed by atoms with Crippen molar-refractivity contribution < 1.29 is 13.2 Å². The van der Waals surface area contributed by atoms with Gasteiger partial charge in [0.25, 0.3) is 0 Å². The number of benzene rings is 1. The van der Waals surface area contributed by atoms with Gasteiger partial charge in [-0.2, -0.15) is 4.31 Å². The molecule has 0 aromatic heterocycles. The minimum Gasteiger partial charge on any atom is -0.325 e. The van der Waals surface area contributed by atoms with Gasteiger partial charge in [-0.25, -0.2) is 8.42 Å². The Hall–Kier alpha value is -1.44. The summed E-state index contributed by atoms with van der Waals surface area (Å²) in [4.78, 5) is 14.8.